The summed E-state index contributed by atoms with van der Waals surface area (Å²) in [5.74, 6) is 0.558. The Morgan fingerprint density at radius 1 is 1.09 bits per heavy atom. The van der Waals surface area contributed by atoms with Crippen LogP contribution in [-0.4, -0.2) is 19.6 Å². The summed E-state index contributed by atoms with van der Waals surface area (Å²) in [5.41, 5.74) is 8.51. The number of rotatable bonds is 8. The van der Waals surface area contributed by atoms with Gasteiger partial charge in [0.1, 0.15) is 0 Å². The quantitative estimate of drug-likeness (QED) is 0.786. The van der Waals surface area contributed by atoms with Gasteiger partial charge in [0, 0.05) is 12.2 Å². The summed E-state index contributed by atoms with van der Waals surface area (Å²) in [6.45, 7) is 2.63. The van der Waals surface area contributed by atoms with E-state index in [1.54, 1.807) is 13.2 Å². The Morgan fingerprint density at radius 3 is 2.39 bits per heavy atom. The average Bonchev–Trinajstić information content (AvgIpc) is 2.58. The first-order chi connectivity index (χ1) is 11.1. The van der Waals surface area contributed by atoms with Gasteiger partial charge >= 0.3 is 0 Å². The van der Waals surface area contributed by atoms with Crippen LogP contribution < -0.4 is 20.5 Å². The van der Waals surface area contributed by atoms with Crippen LogP contribution in [0.25, 0.3) is 0 Å². The maximum absolute atomic E-state index is 10.8. The van der Waals surface area contributed by atoms with Crippen LogP contribution in [0, 0.1) is 0 Å². The molecule has 0 unspecified atom stereocenters. The van der Waals surface area contributed by atoms with Gasteiger partial charge in [0.15, 0.2) is 18.1 Å². The smallest absolute Gasteiger partial charge is 0.255 e. The van der Waals surface area contributed by atoms with Gasteiger partial charge in [-0.25, -0.2) is 0 Å². The van der Waals surface area contributed by atoms with E-state index in [9.17, 15) is 4.79 Å². The van der Waals surface area contributed by atoms with Crippen molar-refractivity contribution in [2.45, 2.75) is 19.9 Å². The van der Waals surface area contributed by atoms with E-state index in [1.807, 2.05) is 12.1 Å². The summed E-state index contributed by atoms with van der Waals surface area (Å²) in [4.78, 5) is 10.8. The van der Waals surface area contributed by atoms with E-state index in [1.165, 1.54) is 5.56 Å². The highest BCUT2D eigenvalue weighted by Gasteiger charge is 2.07. The van der Waals surface area contributed by atoms with Crippen LogP contribution in [0.1, 0.15) is 18.1 Å². The maximum atomic E-state index is 10.8. The molecule has 0 saturated carbocycles. The van der Waals surface area contributed by atoms with Crippen molar-refractivity contribution in [2.75, 3.05) is 19.0 Å². The molecule has 0 aromatic heterocycles. The maximum Gasteiger partial charge on any atom is 0.255 e. The van der Waals surface area contributed by atoms with Gasteiger partial charge in [-0.1, -0.05) is 25.1 Å². The number of ether oxygens (including phenoxy) is 2. The number of amides is 1. The molecule has 5 nitrogen and oxygen atoms in total. The van der Waals surface area contributed by atoms with Gasteiger partial charge < -0.3 is 20.5 Å². The molecule has 0 heterocycles. The molecule has 5 heteroatoms. The number of nitrogens with two attached hydrogens (primary N) is 1. The Labute approximate surface area is 136 Å². The van der Waals surface area contributed by atoms with Gasteiger partial charge in [0.05, 0.1) is 7.11 Å². The van der Waals surface area contributed by atoms with Crippen LogP contribution in [0.3, 0.4) is 0 Å². The summed E-state index contributed by atoms with van der Waals surface area (Å²) in [5, 5.41) is 3.36. The van der Waals surface area contributed by atoms with Crippen molar-refractivity contribution in [3.63, 3.8) is 0 Å². The molecule has 2 rings (SSSR count). The van der Waals surface area contributed by atoms with Gasteiger partial charge in [0.25, 0.3) is 5.91 Å². The molecule has 0 fully saturated rings. The Kier molecular flexibility index (Phi) is 5.86. The second kappa shape index (κ2) is 8.08. The van der Waals surface area contributed by atoms with Crippen molar-refractivity contribution in [3.05, 3.63) is 53.6 Å². The standard InChI is InChI=1S/C18H22N2O3/c1-3-13-4-7-15(8-5-13)20-11-14-6-9-16(17(10-14)22-2)23-12-18(19)21/h4-10,20H,3,11-12H2,1-2H3,(H2,19,21). The molecule has 0 radical (unpaired) electrons. The Bertz CT molecular complexity index is 654. The van der Waals surface area contributed by atoms with E-state index in [4.69, 9.17) is 15.2 Å². The van der Waals surface area contributed by atoms with E-state index in [-0.39, 0.29) is 6.61 Å². The Balaban J connectivity index is 2.00. The number of hydrogen-bond donors (Lipinski definition) is 2. The molecule has 23 heavy (non-hydrogen) atoms. The van der Waals surface area contributed by atoms with Gasteiger partial charge in [0.2, 0.25) is 0 Å². The zero-order valence-corrected chi connectivity index (χ0v) is 13.5. The number of carbonyl (C=O) groups excluding carboxylic acids is 1. The van der Waals surface area contributed by atoms with Crippen LogP contribution in [-0.2, 0) is 17.8 Å². The number of methoxy groups -OCH3 is 1. The molecule has 0 saturated heterocycles. The second-order valence-electron chi connectivity index (χ2n) is 5.14. The summed E-state index contributed by atoms with van der Waals surface area (Å²) in [7, 11) is 1.56. The molecule has 0 atom stereocenters. The fraction of sp³-hybridized carbons (Fsp3) is 0.278. The summed E-state index contributed by atoms with van der Waals surface area (Å²) < 4.78 is 10.6. The SMILES string of the molecule is CCc1ccc(NCc2ccc(OCC(N)=O)c(OC)c2)cc1. The van der Waals surface area contributed by atoms with E-state index in [2.05, 4.69) is 36.5 Å². The normalized spacial score (nSPS) is 10.2. The van der Waals surface area contributed by atoms with E-state index in [0.717, 1.165) is 17.7 Å². The first-order valence-corrected chi connectivity index (χ1v) is 7.53. The summed E-state index contributed by atoms with van der Waals surface area (Å²) in [6.07, 6.45) is 1.03. The van der Waals surface area contributed by atoms with Gasteiger partial charge in [-0.2, -0.15) is 0 Å². The van der Waals surface area contributed by atoms with Crippen molar-refractivity contribution >= 4 is 11.6 Å². The van der Waals surface area contributed by atoms with Gasteiger partial charge in [-0.05, 0) is 41.8 Å². The topological polar surface area (TPSA) is 73.6 Å². The lowest BCUT2D eigenvalue weighted by Crippen LogP contribution is -2.20. The second-order valence-corrected chi connectivity index (χ2v) is 5.14. The van der Waals surface area contributed by atoms with Crippen LogP contribution in [0.15, 0.2) is 42.5 Å². The molecule has 0 bridgehead atoms. The van der Waals surface area contributed by atoms with E-state index < -0.39 is 5.91 Å². The minimum atomic E-state index is -0.520. The number of primary amides is 1. The number of hydrogen-bond acceptors (Lipinski definition) is 4. The van der Waals surface area contributed by atoms with Crippen molar-refractivity contribution in [3.8, 4) is 11.5 Å². The highest BCUT2D eigenvalue weighted by Crippen LogP contribution is 2.28. The fourth-order valence-corrected chi connectivity index (χ4v) is 2.15. The first-order valence-electron chi connectivity index (χ1n) is 7.53. The predicted molar refractivity (Wildman–Crippen MR) is 90.8 cm³/mol. The molecular weight excluding hydrogens is 292 g/mol. The monoisotopic (exact) mass is 314 g/mol. The van der Waals surface area contributed by atoms with E-state index in [0.29, 0.717) is 18.0 Å². The number of benzene rings is 2. The molecule has 0 aliphatic rings. The largest absolute Gasteiger partial charge is 0.493 e. The molecule has 0 aliphatic carbocycles. The van der Waals surface area contributed by atoms with Gasteiger partial charge in [-0.3, -0.25) is 4.79 Å². The fourth-order valence-electron chi connectivity index (χ4n) is 2.15. The van der Waals surface area contributed by atoms with Crippen LogP contribution >= 0.6 is 0 Å². The molecule has 122 valence electrons. The number of carbonyl (C=O) groups is 1. The van der Waals surface area contributed by atoms with Crippen LogP contribution in [0.2, 0.25) is 0 Å². The zero-order valence-electron chi connectivity index (χ0n) is 13.5. The lowest BCUT2D eigenvalue weighted by atomic mass is 10.1. The molecule has 3 N–H and O–H groups in total. The molecule has 2 aromatic rings. The molecule has 0 aliphatic heterocycles. The molecule has 0 spiro atoms. The minimum Gasteiger partial charge on any atom is -0.493 e. The third-order valence-electron chi connectivity index (χ3n) is 3.46. The van der Waals surface area contributed by atoms with Gasteiger partial charge in [-0.15, -0.1) is 0 Å². The van der Waals surface area contributed by atoms with Crippen LogP contribution in [0.5, 0.6) is 11.5 Å². The zero-order chi connectivity index (χ0) is 16.7. The predicted octanol–water partition coefficient (Wildman–Crippen LogP) is 2.73. The Hall–Kier alpha value is -2.69. The lowest BCUT2D eigenvalue weighted by Gasteiger charge is -2.12. The van der Waals surface area contributed by atoms with Crippen molar-refractivity contribution in [1.29, 1.82) is 0 Å². The minimum absolute atomic E-state index is 0.169. The van der Waals surface area contributed by atoms with Crippen LogP contribution in [0.4, 0.5) is 5.69 Å². The molecule has 2 aromatic carbocycles. The van der Waals surface area contributed by atoms with E-state index >= 15 is 0 Å². The van der Waals surface area contributed by atoms with Crippen molar-refractivity contribution in [2.24, 2.45) is 5.73 Å². The first kappa shape index (κ1) is 16.7. The third kappa shape index (κ3) is 4.92. The lowest BCUT2D eigenvalue weighted by molar-refractivity contribution is -0.119. The highest BCUT2D eigenvalue weighted by atomic mass is 16.5. The Morgan fingerprint density at radius 2 is 1.78 bits per heavy atom. The number of aryl methyl sites for hydroxylation is 1. The average molecular weight is 314 g/mol. The number of nitrogens with one attached hydrogen (secondary N) is 1. The molecule has 1 amide bonds. The highest BCUT2D eigenvalue weighted by molar-refractivity contribution is 5.75. The third-order valence-corrected chi connectivity index (χ3v) is 3.46. The number of anilines is 1. The van der Waals surface area contributed by atoms with Crippen molar-refractivity contribution < 1.29 is 14.3 Å². The summed E-state index contributed by atoms with van der Waals surface area (Å²) in [6, 6.07) is 13.9. The molecular formula is C18H22N2O3. The summed E-state index contributed by atoms with van der Waals surface area (Å²) >= 11 is 0. The van der Waals surface area contributed by atoms with Crippen molar-refractivity contribution in [1.82, 2.24) is 0 Å².